The van der Waals surface area contributed by atoms with Gasteiger partial charge in [0.1, 0.15) is 18.9 Å². The molecule has 0 heterocycles. The number of para-hydroxylation sites is 1. The van der Waals surface area contributed by atoms with Gasteiger partial charge in [-0.25, -0.2) is 0 Å². The van der Waals surface area contributed by atoms with Crippen molar-refractivity contribution in [3.8, 4) is 5.75 Å². The van der Waals surface area contributed by atoms with Crippen LogP contribution in [0.1, 0.15) is 18.1 Å². The summed E-state index contributed by atoms with van der Waals surface area (Å²) in [5.41, 5.74) is 3.41. The molecule has 0 aliphatic carbocycles. The number of hydrogen-bond donors (Lipinski definition) is 1. The Morgan fingerprint density at radius 1 is 0.897 bits per heavy atom. The zero-order valence-corrected chi connectivity index (χ0v) is 16.6. The number of aryl methyl sites for hydroxylation is 1. The average molecular weight is 388 g/mol. The highest BCUT2D eigenvalue weighted by Gasteiger charge is 2.17. The Hall–Kier alpha value is -3.60. The third kappa shape index (κ3) is 5.69. The van der Waals surface area contributed by atoms with Crippen LogP contribution < -0.4 is 15.0 Å². The fraction of sp³-hybridized carbons (Fsp3) is 0.167. The minimum Gasteiger partial charge on any atom is -0.489 e. The van der Waals surface area contributed by atoms with E-state index >= 15 is 0 Å². The van der Waals surface area contributed by atoms with Gasteiger partial charge in [0.25, 0.3) is 0 Å². The van der Waals surface area contributed by atoms with Crippen molar-refractivity contribution >= 4 is 23.2 Å². The van der Waals surface area contributed by atoms with Crippen molar-refractivity contribution in [1.29, 1.82) is 0 Å². The first-order chi connectivity index (χ1) is 14.0. The lowest BCUT2D eigenvalue weighted by molar-refractivity contribution is -0.120. The molecule has 0 aromatic heterocycles. The molecule has 0 radical (unpaired) electrons. The maximum atomic E-state index is 12.5. The number of anilines is 2. The van der Waals surface area contributed by atoms with Crippen LogP contribution >= 0.6 is 0 Å². The molecule has 148 valence electrons. The van der Waals surface area contributed by atoms with Gasteiger partial charge in [0.15, 0.2) is 0 Å². The van der Waals surface area contributed by atoms with Crippen LogP contribution in [0.4, 0.5) is 11.4 Å². The molecular weight excluding hydrogens is 364 g/mol. The number of carbonyl (C=O) groups excluding carboxylic acids is 2. The molecule has 5 nitrogen and oxygen atoms in total. The smallest absolute Gasteiger partial charge is 0.244 e. The van der Waals surface area contributed by atoms with E-state index in [1.165, 1.54) is 11.8 Å². The SMILES string of the molecule is CC(=O)N(CC(=O)Nc1ccc(OCc2ccccc2)cc1)c1ccccc1C. The summed E-state index contributed by atoms with van der Waals surface area (Å²) in [6.07, 6.45) is 0. The molecule has 0 bridgehead atoms. The molecule has 0 saturated carbocycles. The molecule has 3 aromatic rings. The fourth-order valence-corrected chi connectivity index (χ4v) is 2.95. The number of nitrogens with one attached hydrogen (secondary N) is 1. The van der Waals surface area contributed by atoms with E-state index in [4.69, 9.17) is 4.74 Å². The van der Waals surface area contributed by atoms with Gasteiger partial charge >= 0.3 is 0 Å². The van der Waals surface area contributed by atoms with Gasteiger partial charge in [-0.15, -0.1) is 0 Å². The molecule has 1 N–H and O–H groups in total. The van der Waals surface area contributed by atoms with E-state index in [9.17, 15) is 9.59 Å². The first kappa shape index (κ1) is 20.1. The standard InChI is InChI=1S/C24H24N2O3/c1-18-8-6-7-11-23(18)26(19(2)27)16-24(28)25-21-12-14-22(15-13-21)29-17-20-9-4-3-5-10-20/h3-15H,16-17H2,1-2H3,(H,25,28). The van der Waals surface area contributed by atoms with Crippen molar-refractivity contribution in [2.45, 2.75) is 20.5 Å². The Bertz CT molecular complexity index is 969. The van der Waals surface area contributed by atoms with Crippen molar-refractivity contribution in [1.82, 2.24) is 0 Å². The van der Waals surface area contributed by atoms with Gasteiger partial charge in [-0.05, 0) is 48.4 Å². The predicted octanol–water partition coefficient (Wildman–Crippen LogP) is 4.57. The molecule has 2 amide bonds. The van der Waals surface area contributed by atoms with E-state index in [1.807, 2.05) is 73.7 Å². The van der Waals surface area contributed by atoms with Crippen LogP contribution in [0, 0.1) is 6.92 Å². The fourth-order valence-electron chi connectivity index (χ4n) is 2.95. The van der Waals surface area contributed by atoms with E-state index in [0.717, 1.165) is 22.6 Å². The first-order valence-electron chi connectivity index (χ1n) is 9.43. The highest BCUT2D eigenvalue weighted by atomic mass is 16.5. The van der Waals surface area contributed by atoms with Crippen molar-refractivity contribution in [2.75, 3.05) is 16.8 Å². The minimum atomic E-state index is -0.263. The summed E-state index contributed by atoms with van der Waals surface area (Å²) < 4.78 is 5.75. The van der Waals surface area contributed by atoms with Gasteiger partial charge in [0, 0.05) is 18.3 Å². The Balaban J connectivity index is 1.58. The third-order valence-electron chi connectivity index (χ3n) is 4.47. The van der Waals surface area contributed by atoms with E-state index in [-0.39, 0.29) is 18.4 Å². The van der Waals surface area contributed by atoms with Crippen molar-refractivity contribution in [3.63, 3.8) is 0 Å². The summed E-state index contributed by atoms with van der Waals surface area (Å²) in [4.78, 5) is 26.0. The largest absolute Gasteiger partial charge is 0.489 e. The molecule has 0 fully saturated rings. The number of carbonyl (C=O) groups is 2. The number of rotatable bonds is 7. The molecule has 29 heavy (non-hydrogen) atoms. The topological polar surface area (TPSA) is 58.6 Å². The van der Waals surface area contributed by atoms with Crippen LogP contribution in [0.15, 0.2) is 78.9 Å². The second-order valence-corrected chi connectivity index (χ2v) is 6.74. The molecule has 0 aliphatic heterocycles. The maximum absolute atomic E-state index is 12.5. The Morgan fingerprint density at radius 2 is 1.55 bits per heavy atom. The third-order valence-corrected chi connectivity index (χ3v) is 4.47. The Labute approximate surface area is 170 Å². The van der Waals surface area contributed by atoms with Crippen molar-refractivity contribution in [3.05, 3.63) is 90.0 Å². The van der Waals surface area contributed by atoms with Crippen molar-refractivity contribution < 1.29 is 14.3 Å². The average Bonchev–Trinajstić information content (AvgIpc) is 2.73. The Morgan fingerprint density at radius 3 is 2.21 bits per heavy atom. The van der Waals surface area contributed by atoms with Crippen LogP contribution in [0.3, 0.4) is 0 Å². The van der Waals surface area contributed by atoms with Crippen LogP contribution in [0.2, 0.25) is 0 Å². The molecule has 0 spiro atoms. The molecule has 5 heteroatoms. The Kier molecular flexibility index (Phi) is 6.63. The molecule has 0 atom stereocenters. The first-order valence-corrected chi connectivity index (χ1v) is 9.43. The summed E-state index contributed by atoms with van der Waals surface area (Å²) in [7, 11) is 0. The lowest BCUT2D eigenvalue weighted by Gasteiger charge is -2.22. The predicted molar refractivity (Wildman–Crippen MR) is 115 cm³/mol. The highest BCUT2D eigenvalue weighted by molar-refractivity contribution is 6.02. The summed E-state index contributed by atoms with van der Waals surface area (Å²) >= 11 is 0. The van der Waals surface area contributed by atoms with Crippen LogP contribution in [0.25, 0.3) is 0 Å². The zero-order valence-electron chi connectivity index (χ0n) is 16.6. The van der Waals surface area contributed by atoms with Crippen LogP contribution in [-0.4, -0.2) is 18.4 Å². The molecule has 0 saturated heterocycles. The van der Waals surface area contributed by atoms with Crippen LogP contribution in [-0.2, 0) is 16.2 Å². The monoisotopic (exact) mass is 388 g/mol. The normalized spacial score (nSPS) is 10.3. The van der Waals surface area contributed by atoms with Gasteiger partial charge in [0.05, 0.1) is 0 Å². The van der Waals surface area contributed by atoms with Gasteiger partial charge in [-0.1, -0.05) is 48.5 Å². The quantitative estimate of drug-likeness (QED) is 0.645. The van der Waals surface area contributed by atoms with E-state index in [0.29, 0.717) is 12.3 Å². The maximum Gasteiger partial charge on any atom is 0.244 e. The number of benzene rings is 3. The summed E-state index contributed by atoms with van der Waals surface area (Å²) in [5, 5.41) is 2.83. The van der Waals surface area contributed by atoms with Gasteiger partial charge < -0.3 is 15.0 Å². The van der Waals surface area contributed by atoms with Gasteiger partial charge in [0.2, 0.25) is 11.8 Å². The van der Waals surface area contributed by atoms with E-state index in [2.05, 4.69) is 5.32 Å². The number of amides is 2. The van der Waals surface area contributed by atoms with Gasteiger partial charge in [-0.3, -0.25) is 9.59 Å². The van der Waals surface area contributed by atoms with Gasteiger partial charge in [-0.2, -0.15) is 0 Å². The molecule has 0 unspecified atom stereocenters. The summed E-state index contributed by atoms with van der Waals surface area (Å²) in [5.74, 6) is 0.276. The summed E-state index contributed by atoms with van der Waals surface area (Å²) in [6.45, 7) is 3.80. The summed E-state index contributed by atoms with van der Waals surface area (Å²) in [6, 6.07) is 24.6. The van der Waals surface area contributed by atoms with E-state index < -0.39 is 0 Å². The number of nitrogens with zero attached hydrogens (tertiary/aromatic N) is 1. The van der Waals surface area contributed by atoms with Crippen molar-refractivity contribution in [2.24, 2.45) is 0 Å². The second-order valence-electron chi connectivity index (χ2n) is 6.74. The lowest BCUT2D eigenvalue weighted by atomic mass is 10.2. The second kappa shape index (κ2) is 9.55. The molecule has 3 aromatic carbocycles. The lowest BCUT2D eigenvalue weighted by Crippen LogP contribution is -2.37. The molecule has 3 rings (SSSR count). The number of hydrogen-bond acceptors (Lipinski definition) is 3. The minimum absolute atomic E-state index is 0.0492. The highest BCUT2D eigenvalue weighted by Crippen LogP contribution is 2.20. The number of ether oxygens (including phenoxy) is 1. The molecule has 0 aliphatic rings. The van der Waals surface area contributed by atoms with Crippen LogP contribution in [0.5, 0.6) is 5.75 Å². The van der Waals surface area contributed by atoms with E-state index in [1.54, 1.807) is 12.1 Å². The zero-order chi connectivity index (χ0) is 20.6. The molecular formula is C24H24N2O3.